The molecule has 0 aliphatic rings. The van der Waals surface area contributed by atoms with Crippen LogP contribution in [-0.4, -0.2) is 23.5 Å². The third kappa shape index (κ3) is 6.28. The van der Waals surface area contributed by atoms with Gasteiger partial charge < -0.3 is 12.4 Å². The molecular weight excluding hydrogens is 353 g/mol. The van der Waals surface area contributed by atoms with Gasteiger partial charge in [-0.05, 0) is 31.4 Å². The second-order valence-corrected chi connectivity index (χ2v) is 12.3. The smallest absolute Gasteiger partial charge is 0.131 e. The predicted molar refractivity (Wildman–Crippen MR) is 110 cm³/mol. The fourth-order valence-corrected chi connectivity index (χ4v) is 9.92. The first-order valence-electron chi connectivity index (χ1n) is 9.42. The highest BCUT2D eigenvalue weighted by molar-refractivity contribution is 7.75. The summed E-state index contributed by atoms with van der Waals surface area (Å²) in [6.07, 6.45) is 14.0. The van der Waals surface area contributed by atoms with Gasteiger partial charge in [0.2, 0.25) is 0 Å². The zero-order valence-electron chi connectivity index (χ0n) is 15.6. The van der Waals surface area contributed by atoms with Gasteiger partial charge in [0.25, 0.3) is 0 Å². The molecule has 0 aliphatic carbocycles. The Morgan fingerprint density at radius 3 is 1.92 bits per heavy atom. The summed E-state index contributed by atoms with van der Waals surface area (Å²) in [5.74, 6) is 0. The number of halogens is 1. The summed E-state index contributed by atoms with van der Waals surface area (Å²) >= 11 is 1.94. The number of aromatic nitrogens is 1. The third-order valence-corrected chi connectivity index (χ3v) is 10.8. The molecule has 2 aromatic rings. The molecule has 0 spiro atoms. The van der Waals surface area contributed by atoms with Crippen LogP contribution in [0, 0.1) is 0 Å². The molecule has 0 amide bonds. The molecule has 0 bridgehead atoms. The van der Waals surface area contributed by atoms with Gasteiger partial charge in [0, 0.05) is 7.26 Å². The van der Waals surface area contributed by atoms with Crippen LogP contribution in [0.15, 0.2) is 24.3 Å². The SMILES string of the molecule is CCCC[P+](CCCC)(CCCC)Cc1nc2ccccc2s1.[Cl-]. The van der Waals surface area contributed by atoms with Crippen molar-refractivity contribution in [1.29, 1.82) is 0 Å². The molecule has 1 nitrogen and oxygen atoms in total. The van der Waals surface area contributed by atoms with Crippen LogP contribution in [-0.2, 0) is 6.16 Å². The first kappa shape index (κ1) is 21.9. The van der Waals surface area contributed by atoms with Crippen molar-refractivity contribution in [2.24, 2.45) is 0 Å². The largest absolute Gasteiger partial charge is 1.00 e. The van der Waals surface area contributed by atoms with Crippen LogP contribution in [0.3, 0.4) is 0 Å². The Kier molecular flexibility index (Phi) is 10.4. The van der Waals surface area contributed by atoms with Gasteiger partial charge in [-0.1, -0.05) is 52.2 Å². The maximum absolute atomic E-state index is 4.97. The minimum absolute atomic E-state index is 0. The first-order valence-corrected chi connectivity index (χ1v) is 12.8. The Morgan fingerprint density at radius 2 is 1.42 bits per heavy atom. The Hall–Kier alpha value is -0.170. The molecular formula is C20H33ClNPS. The number of benzene rings is 1. The number of hydrogen-bond donors (Lipinski definition) is 0. The van der Waals surface area contributed by atoms with Crippen LogP contribution in [0.1, 0.15) is 64.3 Å². The van der Waals surface area contributed by atoms with Crippen LogP contribution in [0.4, 0.5) is 0 Å². The van der Waals surface area contributed by atoms with Gasteiger partial charge in [-0.3, -0.25) is 0 Å². The average molecular weight is 386 g/mol. The van der Waals surface area contributed by atoms with Crippen molar-refractivity contribution in [3.05, 3.63) is 29.3 Å². The van der Waals surface area contributed by atoms with Crippen LogP contribution in [0.25, 0.3) is 10.2 Å². The topological polar surface area (TPSA) is 12.9 Å². The molecule has 0 fully saturated rings. The highest BCUT2D eigenvalue weighted by Crippen LogP contribution is 2.63. The van der Waals surface area contributed by atoms with Crippen LogP contribution in [0.2, 0.25) is 0 Å². The van der Waals surface area contributed by atoms with Crippen LogP contribution < -0.4 is 12.4 Å². The molecule has 24 heavy (non-hydrogen) atoms. The Balaban J connectivity index is 0.00000288. The van der Waals surface area contributed by atoms with Gasteiger partial charge in [-0.25, -0.2) is 4.98 Å². The summed E-state index contributed by atoms with van der Waals surface area (Å²) in [7, 11) is -0.875. The number of unbranched alkanes of at least 4 members (excludes halogenated alkanes) is 3. The molecule has 1 aromatic carbocycles. The Labute approximate surface area is 159 Å². The lowest BCUT2D eigenvalue weighted by molar-refractivity contribution is -0.00000505. The van der Waals surface area contributed by atoms with E-state index < -0.39 is 7.26 Å². The second kappa shape index (κ2) is 11.4. The summed E-state index contributed by atoms with van der Waals surface area (Å²) in [5, 5.41) is 1.41. The molecule has 4 heteroatoms. The van der Waals surface area contributed by atoms with Crippen LogP contribution in [0.5, 0.6) is 0 Å². The standard InChI is InChI=1S/C20H33NPS.ClH/c1-4-7-14-22(15-8-5-2,16-9-6-3)17-20-21-18-12-10-11-13-19(18)23-20;/h10-13H,4-9,14-17H2,1-3H3;1H/q+1;/p-1. The molecule has 0 aliphatic heterocycles. The number of thiazole rings is 1. The number of nitrogens with zero attached hydrogens (tertiary/aromatic N) is 1. The summed E-state index contributed by atoms with van der Waals surface area (Å²) in [4.78, 5) is 4.97. The quantitative estimate of drug-likeness (QED) is 0.528. The lowest BCUT2D eigenvalue weighted by atomic mass is 10.3. The van der Waals surface area contributed by atoms with Gasteiger partial charge in [0.05, 0.1) is 28.7 Å². The van der Waals surface area contributed by atoms with Crippen molar-refractivity contribution < 1.29 is 12.4 Å². The van der Waals surface area contributed by atoms with E-state index in [4.69, 9.17) is 4.98 Å². The van der Waals surface area contributed by atoms with Gasteiger partial charge in [0.1, 0.15) is 11.2 Å². The van der Waals surface area contributed by atoms with Crippen molar-refractivity contribution >= 4 is 28.8 Å². The molecule has 0 N–H and O–H groups in total. The molecule has 2 rings (SSSR count). The average Bonchev–Trinajstić information content (AvgIpc) is 2.98. The molecule has 1 aromatic heterocycles. The van der Waals surface area contributed by atoms with Gasteiger partial charge in [-0.15, -0.1) is 11.3 Å². The molecule has 0 unspecified atom stereocenters. The van der Waals surface area contributed by atoms with E-state index in [-0.39, 0.29) is 12.4 Å². The first-order chi connectivity index (χ1) is 11.2. The minimum Gasteiger partial charge on any atom is -1.00 e. The normalized spacial score (nSPS) is 11.6. The van der Waals surface area contributed by atoms with Crippen molar-refractivity contribution in [2.75, 3.05) is 18.5 Å². The van der Waals surface area contributed by atoms with E-state index in [9.17, 15) is 0 Å². The summed E-state index contributed by atoms with van der Waals surface area (Å²) in [6, 6.07) is 8.64. The second-order valence-electron chi connectivity index (χ2n) is 6.81. The third-order valence-electron chi connectivity index (χ3n) is 4.77. The van der Waals surface area contributed by atoms with Gasteiger partial charge in [-0.2, -0.15) is 0 Å². The molecule has 0 saturated carbocycles. The van der Waals surface area contributed by atoms with Crippen molar-refractivity contribution in [3.8, 4) is 0 Å². The van der Waals surface area contributed by atoms with Crippen molar-refractivity contribution in [2.45, 2.75) is 65.5 Å². The lowest BCUT2D eigenvalue weighted by Gasteiger charge is -2.27. The number of rotatable bonds is 11. The number of hydrogen-bond acceptors (Lipinski definition) is 2. The van der Waals surface area contributed by atoms with E-state index in [2.05, 4.69) is 45.0 Å². The minimum atomic E-state index is -0.875. The highest BCUT2D eigenvalue weighted by Gasteiger charge is 2.36. The molecule has 136 valence electrons. The highest BCUT2D eigenvalue weighted by atomic mass is 35.5. The van der Waals surface area contributed by atoms with E-state index in [1.807, 2.05) is 11.3 Å². The van der Waals surface area contributed by atoms with Crippen molar-refractivity contribution in [1.82, 2.24) is 4.98 Å². The van der Waals surface area contributed by atoms with Gasteiger partial charge in [0.15, 0.2) is 0 Å². The molecule has 1 heterocycles. The predicted octanol–water partition coefficient (Wildman–Crippen LogP) is 4.22. The zero-order valence-corrected chi connectivity index (χ0v) is 18.0. The monoisotopic (exact) mass is 385 g/mol. The maximum Gasteiger partial charge on any atom is 0.131 e. The van der Waals surface area contributed by atoms with E-state index in [0.717, 1.165) is 0 Å². The number of fused-ring (bicyclic) bond motifs is 1. The van der Waals surface area contributed by atoms with Crippen molar-refractivity contribution in [3.63, 3.8) is 0 Å². The fourth-order valence-electron chi connectivity index (χ4n) is 3.33. The summed E-state index contributed by atoms with van der Waals surface area (Å²) in [6.45, 7) is 7.02. The number of para-hydroxylation sites is 1. The maximum atomic E-state index is 4.97. The van der Waals surface area contributed by atoms with Crippen LogP contribution >= 0.6 is 18.6 Å². The van der Waals surface area contributed by atoms with E-state index in [1.165, 1.54) is 78.4 Å². The van der Waals surface area contributed by atoms with E-state index in [0.29, 0.717) is 0 Å². The molecule has 0 radical (unpaired) electrons. The molecule has 0 atom stereocenters. The Bertz CT molecular complexity index is 529. The van der Waals surface area contributed by atoms with E-state index in [1.54, 1.807) is 0 Å². The fraction of sp³-hybridized carbons (Fsp3) is 0.650. The van der Waals surface area contributed by atoms with Gasteiger partial charge >= 0.3 is 0 Å². The zero-order chi connectivity index (χ0) is 16.5. The molecule has 0 saturated heterocycles. The summed E-state index contributed by atoms with van der Waals surface area (Å²) < 4.78 is 1.36. The van der Waals surface area contributed by atoms with E-state index >= 15 is 0 Å². The Morgan fingerprint density at radius 1 is 0.875 bits per heavy atom. The lowest BCUT2D eigenvalue weighted by Crippen LogP contribution is -3.00. The summed E-state index contributed by atoms with van der Waals surface area (Å²) in [5.41, 5.74) is 1.20.